The summed E-state index contributed by atoms with van der Waals surface area (Å²) in [6.45, 7) is 8.12. The van der Waals surface area contributed by atoms with E-state index in [1.165, 1.54) is 6.07 Å². The number of rotatable bonds is 2. The summed E-state index contributed by atoms with van der Waals surface area (Å²) in [5, 5.41) is 10.6. The van der Waals surface area contributed by atoms with E-state index in [-0.39, 0.29) is 17.2 Å². The molecule has 1 N–H and O–H groups in total. The Hall–Kier alpha value is -0.890. The first kappa shape index (κ1) is 13.5. The van der Waals surface area contributed by atoms with E-state index in [2.05, 4.69) is 13.8 Å². The molecule has 0 amide bonds. The van der Waals surface area contributed by atoms with Crippen LogP contribution >= 0.6 is 0 Å². The maximum absolute atomic E-state index is 14.1. The first-order valence-corrected chi connectivity index (χ1v) is 6.77. The number of halogens is 1. The Morgan fingerprint density at radius 3 is 2.50 bits per heavy atom. The highest BCUT2D eigenvalue weighted by molar-refractivity contribution is 5.34. The molecule has 1 saturated carbocycles. The van der Waals surface area contributed by atoms with Crippen molar-refractivity contribution in [1.82, 2.24) is 0 Å². The Kier molecular flexibility index (Phi) is 3.50. The van der Waals surface area contributed by atoms with Gasteiger partial charge >= 0.3 is 0 Å². The van der Waals surface area contributed by atoms with E-state index in [1.54, 1.807) is 0 Å². The molecule has 18 heavy (non-hydrogen) atoms. The lowest BCUT2D eigenvalue weighted by atomic mass is 9.76. The summed E-state index contributed by atoms with van der Waals surface area (Å²) in [6.07, 6.45) is 2.55. The van der Waals surface area contributed by atoms with Crippen LogP contribution in [-0.2, 0) is 0 Å². The largest absolute Gasteiger partial charge is 0.388 e. The maximum Gasteiger partial charge on any atom is 0.129 e. The maximum atomic E-state index is 14.1. The number of hydrogen-bond acceptors (Lipinski definition) is 1. The van der Waals surface area contributed by atoms with E-state index in [1.807, 2.05) is 19.9 Å². The van der Waals surface area contributed by atoms with E-state index in [0.717, 1.165) is 30.4 Å². The standard InChI is InChI=1S/C16H23FO/c1-10-8-11(2)14(13(17)9-10)15(18)12-6-5-7-16(12,3)4/h8-9,12,15,18H,5-7H2,1-4H3. The Bertz CT molecular complexity index is 427. The number of hydrogen-bond donors (Lipinski definition) is 1. The molecule has 0 saturated heterocycles. The fourth-order valence-electron chi connectivity index (χ4n) is 3.44. The predicted octanol–water partition coefficient (Wildman–Crippen LogP) is 4.30. The number of aliphatic hydroxyl groups is 1. The van der Waals surface area contributed by atoms with Gasteiger partial charge < -0.3 is 5.11 Å². The summed E-state index contributed by atoms with van der Waals surface area (Å²) in [5.74, 6) is -0.101. The summed E-state index contributed by atoms with van der Waals surface area (Å²) in [6, 6.07) is 3.47. The summed E-state index contributed by atoms with van der Waals surface area (Å²) in [4.78, 5) is 0. The van der Waals surface area contributed by atoms with Gasteiger partial charge in [0.2, 0.25) is 0 Å². The minimum atomic E-state index is -0.678. The average Bonchev–Trinajstić information content (AvgIpc) is 2.56. The quantitative estimate of drug-likeness (QED) is 0.829. The molecule has 0 aliphatic heterocycles. The third-order valence-corrected chi connectivity index (χ3v) is 4.50. The molecule has 100 valence electrons. The first-order valence-electron chi connectivity index (χ1n) is 6.77. The molecule has 0 heterocycles. The fraction of sp³-hybridized carbons (Fsp3) is 0.625. The molecular weight excluding hydrogens is 227 g/mol. The zero-order valence-electron chi connectivity index (χ0n) is 11.8. The summed E-state index contributed by atoms with van der Waals surface area (Å²) in [5.41, 5.74) is 2.37. The van der Waals surface area contributed by atoms with Crippen LogP contribution in [0.3, 0.4) is 0 Å². The van der Waals surface area contributed by atoms with Crippen LogP contribution in [0.25, 0.3) is 0 Å². The molecule has 2 atom stereocenters. The van der Waals surface area contributed by atoms with Crippen molar-refractivity contribution in [2.24, 2.45) is 11.3 Å². The zero-order valence-corrected chi connectivity index (χ0v) is 11.8. The van der Waals surface area contributed by atoms with E-state index in [0.29, 0.717) is 5.56 Å². The van der Waals surface area contributed by atoms with Gasteiger partial charge in [0.15, 0.2) is 0 Å². The van der Waals surface area contributed by atoms with Crippen LogP contribution in [0.15, 0.2) is 12.1 Å². The number of aliphatic hydroxyl groups excluding tert-OH is 1. The molecular formula is C16H23FO. The Morgan fingerprint density at radius 1 is 1.33 bits per heavy atom. The molecule has 1 aliphatic rings. The SMILES string of the molecule is Cc1cc(C)c(C(O)C2CCCC2(C)C)c(F)c1. The molecule has 0 aromatic heterocycles. The summed E-state index contributed by atoms with van der Waals surface area (Å²) < 4.78 is 14.1. The highest BCUT2D eigenvalue weighted by Crippen LogP contribution is 2.49. The van der Waals surface area contributed by atoms with E-state index in [9.17, 15) is 9.50 Å². The van der Waals surface area contributed by atoms with Crippen LogP contribution in [0.1, 0.15) is 55.9 Å². The minimum Gasteiger partial charge on any atom is -0.388 e. The van der Waals surface area contributed by atoms with Crippen LogP contribution in [0, 0.1) is 31.0 Å². The molecule has 0 spiro atoms. The molecule has 1 aliphatic carbocycles. The predicted molar refractivity (Wildman–Crippen MR) is 72.0 cm³/mol. The molecule has 0 radical (unpaired) electrons. The molecule has 1 aromatic rings. The fourth-order valence-corrected chi connectivity index (χ4v) is 3.44. The van der Waals surface area contributed by atoms with Crippen molar-refractivity contribution in [2.75, 3.05) is 0 Å². The Balaban J connectivity index is 2.37. The number of aryl methyl sites for hydroxylation is 2. The van der Waals surface area contributed by atoms with Crippen LogP contribution in [-0.4, -0.2) is 5.11 Å². The topological polar surface area (TPSA) is 20.2 Å². The van der Waals surface area contributed by atoms with Gasteiger partial charge in [0, 0.05) is 5.56 Å². The third kappa shape index (κ3) is 2.31. The van der Waals surface area contributed by atoms with Gasteiger partial charge in [0.05, 0.1) is 6.10 Å². The lowest BCUT2D eigenvalue weighted by Crippen LogP contribution is -2.25. The van der Waals surface area contributed by atoms with Crippen LogP contribution in [0.5, 0.6) is 0 Å². The van der Waals surface area contributed by atoms with Gasteiger partial charge in [-0.15, -0.1) is 0 Å². The Labute approximate surface area is 109 Å². The highest BCUT2D eigenvalue weighted by atomic mass is 19.1. The summed E-state index contributed by atoms with van der Waals surface area (Å²) >= 11 is 0. The highest BCUT2D eigenvalue weighted by Gasteiger charge is 2.40. The summed E-state index contributed by atoms with van der Waals surface area (Å²) in [7, 11) is 0. The van der Waals surface area contributed by atoms with Crippen molar-refractivity contribution in [3.63, 3.8) is 0 Å². The van der Waals surface area contributed by atoms with E-state index < -0.39 is 6.10 Å². The lowest BCUT2D eigenvalue weighted by Gasteiger charge is -2.32. The van der Waals surface area contributed by atoms with Crippen molar-refractivity contribution in [3.8, 4) is 0 Å². The van der Waals surface area contributed by atoms with Gasteiger partial charge in [-0.25, -0.2) is 4.39 Å². The van der Waals surface area contributed by atoms with E-state index >= 15 is 0 Å². The molecule has 0 bridgehead atoms. The second-order valence-electron chi connectivity index (χ2n) is 6.41. The smallest absolute Gasteiger partial charge is 0.129 e. The van der Waals surface area contributed by atoms with Crippen molar-refractivity contribution in [3.05, 3.63) is 34.6 Å². The Morgan fingerprint density at radius 2 is 2.00 bits per heavy atom. The second kappa shape index (κ2) is 4.65. The first-order chi connectivity index (χ1) is 8.33. The van der Waals surface area contributed by atoms with Crippen LogP contribution in [0.2, 0.25) is 0 Å². The van der Waals surface area contributed by atoms with Gasteiger partial charge in [-0.05, 0) is 55.2 Å². The van der Waals surface area contributed by atoms with E-state index in [4.69, 9.17) is 0 Å². The molecule has 1 aromatic carbocycles. The van der Waals surface area contributed by atoms with Gasteiger partial charge in [-0.1, -0.05) is 26.3 Å². The minimum absolute atomic E-state index is 0.100. The second-order valence-corrected chi connectivity index (χ2v) is 6.41. The molecule has 2 unspecified atom stereocenters. The van der Waals surface area contributed by atoms with Crippen molar-refractivity contribution < 1.29 is 9.50 Å². The van der Waals surface area contributed by atoms with Crippen LogP contribution in [0.4, 0.5) is 4.39 Å². The normalized spacial score (nSPS) is 24.2. The van der Waals surface area contributed by atoms with Gasteiger partial charge in [-0.3, -0.25) is 0 Å². The van der Waals surface area contributed by atoms with Crippen molar-refractivity contribution >= 4 is 0 Å². The van der Waals surface area contributed by atoms with Gasteiger partial charge in [0.25, 0.3) is 0 Å². The van der Waals surface area contributed by atoms with Gasteiger partial charge in [0.1, 0.15) is 5.82 Å². The average molecular weight is 250 g/mol. The molecule has 2 rings (SSSR count). The number of benzene rings is 1. The zero-order chi connectivity index (χ0) is 13.5. The molecule has 2 heteroatoms. The van der Waals surface area contributed by atoms with Crippen molar-refractivity contribution in [1.29, 1.82) is 0 Å². The lowest BCUT2D eigenvalue weighted by molar-refractivity contribution is 0.0500. The molecule has 1 nitrogen and oxygen atoms in total. The third-order valence-electron chi connectivity index (χ3n) is 4.50. The van der Waals surface area contributed by atoms with Gasteiger partial charge in [-0.2, -0.15) is 0 Å². The molecule has 1 fully saturated rings. The monoisotopic (exact) mass is 250 g/mol. The van der Waals surface area contributed by atoms with Crippen LogP contribution < -0.4 is 0 Å². The van der Waals surface area contributed by atoms with Crippen molar-refractivity contribution in [2.45, 2.75) is 53.1 Å².